The van der Waals surface area contributed by atoms with Gasteiger partial charge in [0.2, 0.25) is 17.7 Å². The molecular weight excluding hydrogens is 570 g/mol. The van der Waals surface area contributed by atoms with Crippen LogP contribution in [0.25, 0.3) is 10.4 Å². The SMILES string of the molecule is CC(C)(C)OC(=O)N(CCCOCCC(=O)Nc1cccc2c1CN(C1CCC(=O)NC1=O)C2=O)C1CCC(N=[N+]=[N-])CC1. The summed E-state index contributed by atoms with van der Waals surface area (Å²) in [5, 5.41) is 8.96. The van der Waals surface area contributed by atoms with Gasteiger partial charge in [-0.3, -0.25) is 24.5 Å². The molecule has 1 aromatic carbocycles. The van der Waals surface area contributed by atoms with Crippen molar-refractivity contribution in [1.29, 1.82) is 0 Å². The van der Waals surface area contributed by atoms with E-state index in [9.17, 15) is 24.0 Å². The van der Waals surface area contributed by atoms with Gasteiger partial charge in [-0.05, 0) is 77.0 Å². The summed E-state index contributed by atoms with van der Waals surface area (Å²) < 4.78 is 11.3. The van der Waals surface area contributed by atoms with Gasteiger partial charge < -0.3 is 24.6 Å². The summed E-state index contributed by atoms with van der Waals surface area (Å²) in [5.74, 6) is -1.43. The highest BCUT2D eigenvalue weighted by atomic mass is 16.6. The minimum absolute atomic E-state index is 0.00818. The summed E-state index contributed by atoms with van der Waals surface area (Å²) in [6, 6.07) is 4.26. The van der Waals surface area contributed by atoms with Crippen molar-refractivity contribution in [2.24, 2.45) is 5.11 Å². The third-order valence-electron chi connectivity index (χ3n) is 7.97. The van der Waals surface area contributed by atoms with Gasteiger partial charge in [-0.15, -0.1) is 0 Å². The van der Waals surface area contributed by atoms with Crippen LogP contribution < -0.4 is 10.6 Å². The Kier molecular flexibility index (Phi) is 10.8. The molecule has 0 spiro atoms. The second-order valence-electron chi connectivity index (χ2n) is 12.3. The van der Waals surface area contributed by atoms with Crippen LogP contribution in [0.4, 0.5) is 10.5 Å². The molecule has 0 radical (unpaired) electrons. The lowest BCUT2D eigenvalue weighted by Crippen LogP contribution is -2.52. The quantitative estimate of drug-likeness (QED) is 0.124. The number of rotatable bonds is 11. The van der Waals surface area contributed by atoms with E-state index in [0.717, 1.165) is 12.8 Å². The molecule has 44 heavy (non-hydrogen) atoms. The second kappa shape index (κ2) is 14.5. The van der Waals surface area contributed by atoms with Crippen LogP contribution in [0.2, 0.25) is 0 Å². The molecular formula is C30H41N7O7. The van der Waals surface area contributed by atoms with Gasteiger partial charge in [0.1, 0.15) is 11.6 Å². The van der Waals surface area contributed by atoms with Crippen LogP contribution in [0.3, 0.4) is 0 Å². The zero-order valence-corrected chi connectivity index (χ0v) is 25.5. The number of hydrogen-bond donors (Lipinski definition) is 2. The maximum Gasteiger partial charge on any atom is 0.410 e. The number of ether oxygens (including phenoxy) is 2. The molecule has 14 nitrogen and oxygen atoms in total. The molecule has 0 bridgehead atoms. The normalized spacial score (nSPS) is 21.7. The molecule has 2 aliphatic heterocycles. The van der Waals surface area contributed by atoms with Gasteiger partial charge in [0.25, 0.3) is 5.91 Å². The highest BCUT2D eigenvalue weighted by molar-refractivity contribution is 6.06. The van der Waals surface area contributed by atoms with Gasteiger partial charge in [0, 0.05) is 59.9 Å². The molecule has 4 rings (SSSR count). The number of amides is 5. The van der Waals surface area contributed by atoms with Crippen molar-refractivity contribution in [2.45, 2.75) is 102 Å². The fraction of sp³-hybridized carbons (Fsp3) is 0.633. The fourth-order valence-corrected chi connectivity index (χ4v) is 5.82. The van der Waals surface area contributed by atoms with Crippen molar-refractivity contribution in [3.05, 3.63) is 39.8 Å². The van der Waals surface area contributed by atoms with Gasteiger partial charge in [-0.25, -0.2) is 4.79 Å². The largest absolute Gasteiger partial charge is 0.444 e. The Morgan fingerprint density at radius 1 is 1.14 bits per heavy atom. The molecule has 1 aromatic rings. The molecule has 1 saturated carbocycles. The van der Waals surface area contributed by atoms with Crippen molar-refractivity contribution in [2.75, 3.05) is 25.1 Å². The second-order valence-corrected chi connectivity index (χ2v) is 12.3. The molecule has 14 heteroatoms. The molecule has 1 aliphatic carbocycles. The van der Waals surface area contributed by atoms with E-state index in [0.29, 0.717) is 49.2 Å². The molecule has 5 amide bonds. The minimum Gasteiger partial charge on any atom is -0.444 e. The fourth-order valence-electron chi connectivity index (χ4n) is 5.82. The van der Waals surface area contributed by atoms with Crippen LogP contribution in [0.5, 0.6) is 0 Å². The lowest BCUT2D eigenvalue weighted by Gasteiger charge is -2.37. The average Bonchev–Trinajstić information content (AvgIpc) is 3.29. The number of fused-ring (bicyclic) bond motifs is 1. The van der Waals surface area contributed by atoms with E-state index in [2.05, 4.69) is 20.7 Å². The number of hydrogen-bond acceptors (Lipinski definition) is 8. The lowest BCUT2D eigenvalue weighted by molar-refractivity contribution is -0.137. The first kappa shape index (κ1) is 32.7. The van der Waals surface area contributed by atoms with Crippen molar-refractivity contribution >= 4 is 35.4 Å². The first-order chi connectivity index (χ1) is 21.0. The maximum absolute atomic E-state index is 13.0. The molecule has 0 aromatic heterocycles. The summed E-state index contributed by atoms with van der Waals surface area (Å²) in [6.07, 6.45) is 3.58. The summed E-state index contributed by atoms with van der Waals surface area (Å²) in [7, 11) is 0. The van der Waals surface area contributed by atoms with Crippen molar-refractivity contribution in [1.82, 2.24) is 15.1 Å². The zero-order valence-electron chi connectivity index (χ0n) is 25.5. The molecule has 1 atom stereocenters. The summed E-state index contributed by atoms with van der Waals surface area (Å²) >= 11 is 0. The topological polar surface area (TPSA) is 183 Å². The molecule has 2 heterocycles. The van der Waals surface area contributed by atoms with Gasteiger partial charge >= 0.3 is 6.09 Å². The number of carbonyl (C=O) groups is 5. The van der Waals surface area contributed by atoms with Crippen LogP contribution in [0.15, 0.2) is 23.3 Å². The Labute approximate surface area is 256 Å². The highest BCUT2D eigenvalue weighted by Gasteiger charge is 2.40. The van der Waals surface area contributed by atoms with E-state index in [1.54, 1.807) is 23.1 Å². The Bertz CT molecular complexity index is 1310. The molecule has 1 unspecified atom stereocenters. The van der Waals surface area contributed by atoms with E-state index in [1.807, 2.05) is 20.8 Å². The van der Waals surface area contributed by atoms with Gasteiger partial charge in [-0.2, -0.15) is 0 Å². The standard InChI is InChI=1S/C30H41N7O7/c1-30(2,3)44-29(42)36(20-10-8-19(9-11-20)34-35-31)15-5-16-43-17-14-26(39)32-23-7-4-6-21-22(23)18-37(28(21)41)24-12-13-25(38)33-27(24)40/h4,6-7,19-20,24H,5,8-18H2,1-3H3,(H,32,39)(H,33,38,40). The van der Waals surface area contributed by atoms with E-state index in [1.165, 1.54) is 4.90 Å². The monoisotopic (exact) mass is 611 g/mol. The Balaban J connectivity index is 1.23. The lowest BCUT2D eigenvalue weighted by atomic mass is 9.90. The van der Waals surface area contributed by atoms with Crippen LogP contribution >= 0.6 is 0 Å². The molecule has 1 saturated heterocycles. The smallest absolute Gasteiger partial charge is 0.410 e. The predicted molar refractivity (Wildman–Crippen MR) is 159 cm³/mol. The average molecular weight is 612 g/mol. The highest BCUT2D eigenvalue weighted by Crippen LogP contribution is 2.32. The van der Waals surface area contributed by atoms with Gasteiger partial charge in [-0.1, -0.05) is 11.2 Å². The summed E-state index contributed by atoms with van der Waals surface area (Å²) in [5.41, 5.74) is 9.64. The number of carbonyl (C=O) groups excluding carboxylic acids is 5. The van der Waals surface area contributed by atoms with Crippen LogP contribution in [-0.4, -0.2) is 83.0 Å². The van der Waals surface area contributed by atoms with Crippen molar-refractivity contribution < 1.29 is 33.4 Å². The van der Waals surface area contributed by atoms with Crippen LogP contribution in [0.1, 0.15) is 88.1 Å². The minimum atomic E-state index is -0.733. The van der Waals surface area contributed by atoms with Crippen molar-refractivity contribution in [3.63, 3.8) is 0 Å². The zero-order chi connectivity index (χ0) is 31.9. The molecule has 238 valence electrons. The van der Waals surface area contributed by atoms with Crippen LogP contribution in [0, 0.1) is 0 Å². The number of benzene rings is 1. The number of nitrogens with zero attached hydrogens (tertiary/aromatic N) is 5. The molecule has 3 aliphatic rings. The predicted octanol–water partition coefficient (Wildman–Crippen LogP) is 4.04. The number of anilines is 1. The molecule has 2 N–H and O–H groups in total. The van der Waals surface area contributed by atoms with Gasteiger partial charge in [0.05, 0.1) is 13.0 Å². The number of imide groups is 1. The van der Waals surface area contributed by atoms with Gasteiger partial charge in [0.15, 0.2) is 0 Å². The Morgan fingerprint density at radius 3 is 2.57 bits per heavy atom. The number of azide groups is 1. The van der Waals surface area contributed by atoms with Crippen molar-refractivity contribution in [3.8, 4) is 0 Å². The first-order valence-electron chi connectivity index (χ1n) is 15.1. The van der Waals surface area contributed by atoms with E-state index in [4.69, 9.17) is 15.0 Å². The van der Waals surface area contributed by atoms with E-state index in [-0.39, 0.29) is 68.3 Å². The van der Waals surface area contributed by atoms with E-state index < -0.39 is 17.6 Å². The maximum atomic E-state index is 13.0. The molecule has 2 fully saturated rings. The first-order valence-corrected chi connectivity index (χ1v) is 15.1. The van der Waals surface area contributed by atoms with Crippen LogP contribution in [-0.2, 0) is 30.4 Å². The number of nitrogens with one attached hydrogen (secondary N) is 2. The summed E-state index contributed by atoms with van der Waals surface area (Å²) in [4.78, 5) is 68.6. The Morgan fingerprint density at radius 2 is 1.89 bits per heavy atom. The summed E-state index contributed by atoms with van der Waals surface area (Å²) in [6.45, 7) is 6.59. The third kappa shape index (κ3) is 8.48. The number of piperidine rings is 1. The Hall–Kier alpha value is -4.16. The van der Waals surface area contributed by atoms with E-state index >= 15 is 0 Å². The third-order valence-corrected chi connectivity index (χ3v) is 7.97.